The second-order valence-corrected chi connectivity index (χ2v) is 5.21. The lowest BCUT2D eigenvalue weighted by molar-refractivity contribution is 0.575. The van der Waals surface area contributed by atoms with Crippen LogP contribution in [0.4, 0.5) is 0 Å². The molecule has 0 radical (unpaired) electrons. The molecule has 0 saturated carbocycles. The van der Waals surface area contributed by atoms with E-state index in [-0.39, 0.29) is 0 Å². The van der Waals surface area contributed by atoms with Gasteiger partial charge in [-0.05, 0) is 24.9 Å². The maximum atomic E-state index is 10.4. The van der Waals surface area contributed by atoms with Gasteiger partial charge in [-0.25, -0.2) is 9.86 Å². The van der Waals surface area contributed by atoms with Crippen molar-refractivity contribution in [1.29, 1.82) is 0 Å². The molecule has 80 valence electrons. The molecule has 4 nitrogen and oxygen atoms in total. The van der Waals surface area contributed by atoms with Gasteiger partial charge in [0.05, 0.1) is 0 Å². The number of thioether (sulfide) groups is 1. The van der Waals surface area contributed by atoms with Gasteiger partial charge in [-0.3, -0.25) is 0 Å². The van der Waals surface area contributed by atoms with Crippen LogP contribution in [0.1, 0.15) is 25.7 Å². The molecule has 0 aliphatic carbocycles. The molecule has 0 aromatic carbocycles. The van der Waals surface area contributed by atoms with E-state index in [2.05, 4.69) is 11.0 Å². The first-order chi connectivity index (χ1) is 6.06. The molecular formula is C7H18N2O2S2. The average Bonchev–Trinajstić information content (AvgIpc) is 2.01. The first kappa shape index (κ1) is 13.2. The summed E-state index contributed by atoms with van der Waals surface area (Å²) in [7, 11) is -3.48. The summed E-state index contributed by atoms with van der Waals surface area (Å²) in [6.07, 6.45) is 6.38. The number of rotatable bonds is 8. The average molecular weight is 226 g/mol. The Morgan fingerprint density at radius 2 is 1.85 bits per heavy atom. The maximum Gasteiger partial charge on any atom is 0.274 e. The fourth-order valence-electron chi connectivity index (χ4n) is 0.939. The van der Waals surface area contributed by atoms with Crippen molar-refractivity contribution >= 4 is 22.0 Å². The number of hydrogen-bond donors (Lipinski definition) is 2. The Bertz CT molecular complexity index is 205. The summed E-state index contributed by atoms with van der Waals surface area (Å²) in [6, 6.07) is 0. The van der Waals surface area contributed by atoms with E-state index in [1.165, 1.54) is 12.2 Å². The van der Waals surface area contributed by atoms with Gasteiger partial charge in [-0.15, -0.1) is 0 Å². The third kappa shape index (κ3) is 12.2. The van der Waals surface area contributed by atoms with Crippen molar-refractivity contribution in [3.8, 4) is 0 Å². The lowest BCUT2D eigenvalue weighted by Gasteiger charge is -2.01. The lowest BCUT2D eigenvalue weighted by Crippen LogP contribution is -2.31. The number of nitrogens with two attached hydrogens (primary N) is 1. The molecule has 0 spiro atoms. The highest BCUT2D eigenvalue weighted by molar-refractivity contribution is 7.98. The summed E-state index contributed by atoms with van der Waals surface area (Å²) >= 11 is 1.84. The predicted molar refractivity (Wildman–Crippen MR) is 58.0 cm³/mol. The molecule has 0 aliphatic heterocycles. The molecule has 0 aromatic rings. The van der Waals surface area contributed by atoms with E-state index in [4.69, 9.17) is 5.14 Å². The lowest BCUT2D eigenvalue weighted by atomic mass is 10.2. The van der Waals surface area contributed by atoms with Crippen molar-refractivity contribution in [2.75, 3.05) is 18.6 Å². The Balaban J connectivity index is 3.09. The summed E-state index contributed by atoms with van der Waals surface area (Å²) in [5.74, 6) is 1.18. The molecule has 3 N–H and O–H groups in total. The van der Waals surface area contributed by atoms with E-state index in [9.17, 15) is 8.42 Å². The van der Waals surface area contributed by atoms with Crippen molar-refractivity contribution in [3.05, 3.63) is 0 Å². The Kier molecular flexibility index (Phi) is 7.74. The monoisotopic (exact) mass is 226 g/mol. The number of hydrogen-bond acceptors (Lipinski definition) is 3. The molecule has 0 atom stereocenters. The first-order valence-corrected chi connectivity index (χ1v) is 7.26. The second-order valence-electron chi connectivity index (χ2n) is 2.85. The van der Waals surface area contributed by atoms with Crippen LogP contribution in [0, 0.1) is 0 Å². The summed E-state index contributed by atoms with van der Waals surface area (Å²) in [5, 5.41) is 4.76. The minimum atomic E-state index is -3.48. The molecule has 0 saturated heterocycles. The molecule has 0 rings (SSSR count). The minimum absolute atomic E-state index is 0.456. The fraction of sp³-hybridized carbons (Fsp3) is 1.00. The Labute approximate surface area is 84.8 Å². The van der Waals surface area contributed by atoms with E-state index in [0.29, 0.717) is 6.54 Å². The molecule has 0 aromatic heterocycles. The minimum Gasteiger partial charge on any atom is -0.216 e. The van der Waals surface area contributed by atoms with Gasteiger partial charge in [0.25, 0.3) is 10.2 Å². The molecule has 0 aliphatic rings. The van der Waals surface area contributed by atoms with Crippen molar-refractivity contribution in [2.24, 2.45) is 5.14 Å². The van der Waals surface area contributed by atoms with Gasteiger partial charge in [0, 0.05) is 6.54 Å². The molecule has 0 amide bonds. The highest BCUT2D eigenvalue weighted by atomic mass is 32.2. The Morgan fingerprint density at radius 3 is 2.38 bits per heavy atom. The highest BCUT2D eigenvalue weighted by Crippen LogP contribution is 2.03. The molecule has 0 unspecified atom stereocenters. The van der Waals surface area contributed by atoms with Crippen LogP contribution in [0.5, 0.6) is 0 Å². The normalized spacial score (nSPS) is 11.8. The van der Waals surface area contributed by atoms with Crippen LogP contribution in [0.2, 0.25) is 0 Å². The predicted octanol–water partition coefficient (Wildman–Crippen LogP) is 0.703. The number of nitrogens with one attached hydrogen (secondary N) is 1. The van der Waals surface area contributed by atoms with Crippen LogP contribution in [0.25, 0.3) is 0 Å². The van der Waals surface area contributed by atoms with E-state index in [1.54, 1.807) is 0 Å². The fourth-order valence-corrected chi connectivity index (χ4v) is 1.86. The summed E-state index contributed by atoms with van der Waals surface area (Å²) in [4.78, 5) is 0. The van der Waals surface area contributed by atoms with Crippen molar-refractivity contribution < 1.29 is 8.42 Å². The molecule has 0 heterocycles. The second kappa shape index (κ2) is 7.61. The third-order valence-corrected chi connectivity index (χ3v) is 2.88. The zero-order valence-electron chi connectivity index (χ0n) is 7.95. The van der Waals surface area contributed by atoms with E-state index < -0.39 is 10.2 Å². The van der Waals surface area contributed by atoms with Crippen LogP contribution in [0.15, 0.2) is 0 Å². The summed E-state index contributed by atoms with van der Waals surface area (Å²) < 4.78 is 23.1. The summed E-state index contributed by atoms with van der Waals surface area (Å²) in [6.45, 7) is 0.456. The molecule has 6 heteroatoms. The quantitative estimate of drug-likeness (QED) is 0.599. The summed E-state index contributed by atoms with van der Waals surface area (Å²) in [5.41, 5.74) is 0. The van der Waals surface area contributed by atoms with Gasteiger partial charge in [0.1, 0.15) is 0 Å². The smallest absolute Gasteiger partial charge is 0.216 e. The molecular weight excluding hydrogens is 208 g/mol. The van der Waals surface area contributed by atoms with Crippen molar-refractivity contribution in [2.45, 2.75) is 25.7 Å². The van der Waals surface area contributed by atoms with Crippen LogP contribution in [-0.2, 0) is 10.2 Å². The highest BCUT2D eigenvalue weighted by Gasteiger charge is 1.98. The number of unbranched alkanes of at least 4 members (excludes halogenated alkanes) is 3. The van der Waals surface area contributed by atoms with Gasteiger partial charge in [0.15, 0.2) is 0 Å². The van der Waals surface area contributed by atoms with Crippen molar-refractivity contribution in [3.63, 3.8) is 0 Å². The van der Waals surface area contributed by atoms with Crippen LogP contribution < -0.4 is 9.86 Å². The Hall–Kier alpha value is 0.220. The maximum absolute atomic E-state index is 10.4. The van der Waals surface area contributed by atoms with Crippen LogP contribution >= 0.6 is 11.8 Å². The van der Waals surface area contributed by atoms with Gasteiger partial charge in [-0.2, -0.15) is 20.2 Å². The van der Waals surface area contributed by atoms with Crippen LogP contribution in [-0.4, -0.2) is 27.0 Å². The van der Waals surface area contributed by atoms with Crippen molar-refractivity contribution in [1.82, 2.24) is 4.72 Å². The molecule has 0 bridgehead atoms. The van der Waals surface area contributed by atoms with E-state index >= 15 is 0 Å². The topological polar surface area (TPSA) is 72.2 Å². The molecule has 0 fully saturated rings. The molecule has 13 heavy (non-hydrogen) atoms. The SMILES string of the molecule is CSCCCCCCNS(N)(=O)=O. The van der Waals surface area contributed by atoms with Gasteiger partial charge < -0.3 is 0 Å². The van der Waals surface area contributed by atoms with E-state index in [1.807, 2.05) is 11.8 Å². The van der Waals surface area contributed by atoms with Gasteiger partial charge in [-0.1, -0.05) is 12.8 Å². The van der Waals surface area contributed by atoms with Crippen LogP contribution in [0.3, 0.4) is 0 Å². The standard InChI is InChI=1S/C7H18N2O2S2/c1-12-7-5-3-2-4-6-9-13(8,10)11/h9H,2-7H2,1H3,(H2,8,10,11). The zero-order chi connectivity index (χ0) is 10.2. The van der Waals surface area contributed by atoms with Gasteiger partial charge in [0.2, 0.25) is 0 Å². The van der Waals surface area contributed by atoms with E-state index in [0.717, 1.165) is 19.3 Å². The first-order valence-electron chi connectivity index (χ1n) is 4.32. The third-order valence-electron chi connectivity index (χ3n) is 1.58. The zero-order valence-corrected chi connectivity index (χ0v) is 9.59. The van der Waals surface area contributed by atoms with Gasteiger partial charge >= 0.3 is 0 Å². The largest absolute Gasteiger partial charge is 0.274 e. The Morgan fingerprint density at radius 1 is 1.23 bits per heavy atom.